The molecular formula is C52H33NS. The van der Waals surface area contributed by atoms with E-state index in [0.29, 0.717) is 0 Å². The minimum Gasteiger partial charge on any atom is -0.310 e. The molecule has 0 atom stereocenters. The van der Waals surface area contributed by atoms with Gasteiger partial charge in [0.2, 0.25) is 0 Å². The summed E-state index contributed by atoms with van der Waals surface area (Å²) in [6, 6.07) is 73.5. The quantitative estimate of drug-likeness (QED) is 0.161. The maximum Gasteiger partial charge on any atom is 0.0468 e. The minimum atomic E-state index is 1.11. The number of hydrogen-bond donors (Lipinski definition) is 0. The van der Waals surface area contributed by atoms with Gasteiger partial charge in [0, 0.05) is 37.2 Å². The third-order valence-electron chi connectivity index (χ3n) is 11.0. The Morgan fingerprint density at radius 3 is 1.69 bits per heavy atom. The fourth-order valence-electron chi connectivity index (χ4n) is 8.48. The van der Waals surface area contributed by atoms with Gasteiger partial charge in [0.1, 0.15) is 0 Å². The van der Waals surface area contributed by atoms with Crippen LogP contribution < -0.4 is 4.90 Å². The van der Waals surface area contributed by atoms with Crippen LogP contribution in [0.4, 0.5) is 17.1 Å². The normalized spacial score (nSPS) is 11.7. The van der Waals surface area contributed by atoms with E-state index >= 15 is 0 Å². The van der Waals surface area contributed by atoms with E-state index in [9.17, 15) is 0 Å². The molecule has 0 N–H and O–H groups in total. The van der Waals surface area contributed by atoms with Crippen molar-refractivity contribution in [2.24, 2.45) is 0 Å². The minimum absolute atomic E-state index is 1.11. The first-order valence-corrected chi connectivity index (χ1v) is 19.3. The Hall–Kier alpha value is -6.74. The lowest BCUT2D eigenvalue weighted by Crippen LogP contribution is -2.10. The first-order valence-electron chi connectivity index (χ1n) is 18.5. The number of fused-ring (bicyclic) bond motifs is 10. The monoisotopic (exact) mass is 703 g/mol. The molecule has 1 nitrogen and oxygen atoms in total. The van der Waals surface area contributed by atoms with Gasteiger partial charge in [0.25, 0.3) is 0 Å². The third kappa shape index (κ3) is 4.99. The zero-order valence-corrected chi connectivity index (χ0v) is 30.2. The smallest absolute Gasteiger partial charge is 0.0468 e. The van der Waals surface area contributed by atoms with Crippen LogP contribution in [0.1, 0.15) is 0 Å². The van der Waals surface area contributed by atoms with Crippen molar-refractivity contribution >= 4 is 91.7 Å². The number of anilines is 3. The maximum atomic E-state index is 2.41. The second kappa shape index (κ2) is 12.4. The van der Waals surface area contributed by atoms with Crippen molar-refractivity contribution in [2.45, 2.75) is 0 Å². The van der Waals surface area contributed by atoms with Gasteiger partial charge in [0.05, 0.1) is 0 Å². The highest BCUT2D eigenvalue weighted by Crippen LogP contribution is 2.44. The van der Waals surface area contributed by atoms with Gasteiger partial charge in [-0.25, -0.2) is 0 Å². The molecule has 252 valence electrons. The van der Waals surface area contributed by atoms with E-state index in [1.54, 1.807) is 0 Å². The molecule has 54 heavy (non-hydrogen) atoms. The number of benzene rings is 10. The van der Waals surface area contributed by atoms with Crippen molar-refractivity contribution < 1.29 is 0 Å². The van der Waals surface area contributed by atoms with E-state index in [4.69, 9.17) is 0 Å². The second-order valence-electron chi connectivity index (χ2n) is 14.1. The number of thiophene rings is 1. The highest BCUT2D eigenvalue weighted by molar-refractivity contribution is 7.26. The van der Waals surface area contributed by atoms with E-state index in [1.807, 2.05) is 11.3 Å². The summed E-state index contributed by atoms with van der Waals surface area (Å²) in [5, 5.41) is 12.9. The number of nitrogens with zero attached hydrogens (tertiary/aromatic N) is 1. The third-order valence-corrected chi connectivity index (χ3v) is 12.1. The van der Waals surface area contributed by atoms with Crippen LogP contribution in [0, 0.1) is 0 Å². The maximum absolute atomic E-state index is 2.41. The van der Waals surface area contributed by atoms with Crippen LogP contribution in [0.5, 0.6) is 0 Å². The Bertz CT molecular complexity index is 3210. The summed E-state index contributed by atoms with van der Waals surface area (Å²) in [5.41, 5.74) is 8.22. The molecule has 0 radical (unpaired) electrons. The average Bonchev–Trinajstić information content (AvgIpc) is 3.63. The fraction of sp³-hybridized carbons (Fsp3) is 0. The van der Waals surface area contributed by atoms with E-state index in [1.165, 1.54) is 85.5 Å². The highest BCUT2D eigenvalue weighted by Gasteiger charge is 2.18. The molecule has 0 aliphatic heterocycles. The van der Waals surface area contributed by atoms with E-state index < -0.39 is 0 Å². The van der Waals surface area contributed by atoms with Crippen molar-refractivity contribution in [1.82, 2.24) is 0 Å². The predicted molar refractivity (Wildman–Crippen MR) is 235 cm³/mol. The van der Waals surface area contributed by atoms with E-state index in [0.717, 1.165) is 17.1 Å². The summed E-state index contributed by atoms with van der Waals surface area (Å²) in [6.45, 7) is 0. The van der Waals surface area contributed by atoms with Crippen molar-refractivity contribution in [3.05, 3.63) is 200 Å². The molecule has 0 amide bonds. The van der Waals surface area contributed by atoms with Gasteiger partial charge in [-0.05, 0) is 120 Å². The first-order chi connectivity index (χ1) is 26.8. The topological polar surface area (TPSA) is 3.24 Å². The molecule has 0 fully saturated rings. The number of rotatable bonds is 5. The van der Waals surface area contributed by atoms with Crippen LogP contribution in [-0.4, -0.2) is 0 Å². The lowest BCUT2D eigenvalue weighted by molar-refractivity contribution is 1.29. The van der Waals surface area contributed by atoms with Crippen molar-refractivity contribution in [1.29, 1.82) is 0 Å². The van der Waals surface area contributed by atoms with Gasteiger partial charge in [-0.3, -0.25) is 0 Å². The SMILES string of the molecule is c1ccc(-c2cccc(N(c3ccc(-c4cc5ccc6ccccc6c5c5ccccc45)cc3)c3ccc4sc5ccc6ccccc6c5c4c3)c2)cc1. The lowest BCUT2D eigenvalue weighted by Gasteiger charge is -2.26. The highest BCUT2D eigenvalue weighted by atomic mass is 32.1. The summed E-state index contributed by atoms with van der Waals surface area (Å²) in [7, 11) is 0. The van der Waals surface area contributed by atoms with Gasteiger partial charge in [-0.2, -0.15) is 0 Å². The summed E-state index contributed by atoms with van der Waals surface area (Å²) in [4.78, 5) is 2.41. The molecule has 0 unspecified atom stereocenters. The van der Waals surface area contributed by atoms with Gasteiger partial charge >= 0.3 is 0 Å². The molecule has 0 saturated carbocycles. The standard InChI is InChI=1S/C52H33NS/c1-2-11-34(12-3-1)38-15-10-16-41(31-38)53(42-28-30-49-48(33-42)52-44-18-7-5-14-36(44)25-29-50(52)54-49)40-26-23-37(24-27-40)47-32-39-22-21-35-13-4-6-17-43(35)51(39)46-20-9-8-19-45(46)47/h1-33H. The van der Waals surface area contributed by atoms with E-state index in [2.05, 4.69) is 205 Å². The molecule has 0 aliphatic carbocycles. The Morgan fingerprint density at radius 2 is 0.889 bits per heavy atom. The molecule has 2 heteroatoms. The zero-order valence-electron chi connectivity index (χ0n) is 29.4. The van der Waals surface area contributed by atoms with Crippen LogP contribution in [0.3, 0.4) is 0 Å². The second-order valence-corrected chi connectivity index (χ2v) is 15.2. The summed E-state index contributed by atoms with van der Waals surface area (Å²) in [6.07, 6.45) is 0. The van der Waals surface area contributed by atoms with Crippen LogP contribution in [-0.2, 0) is 0 Å². The predicted octanol–water partition coefficient (Wildman–Crippen LogP) is 15.5. The van der Waals surface area contributed by atoms with Crippen LogP contribution in [0.2, 0.25) is 0 Å². The summed E-state index contributed by atoms with van der Waals surface area (Å²) in [5.74, 6) is 0. The van der Waals surface area contributed by atoms with Crippen LogP contribution in [0.15, 0.2) is 200 Å². The summed E-state index contributed by atoms with van der Waals surface area (Å²) >= 11 is 1.87. The van der Waals surface area contributed by atoms with E-state index in [-0.39, 0.29) is 0 Å². The van der Waals surface area contributed by atoms with Gasteiger partial charge in [-0.1, -0.05) is 146 Å². The van der Waals surface area contributed by atoms with Crippen LogP contribution in [0.25, 0.3) is 85.5 Å². The Balaban J connectivity index is 1.09. The van der Waals surface area contributed by atoms with Crippen molar-refractivity contribution in [3.63, 3.8) is 0 Å². The average molecular weight is 704 g/mol. The molecule has 10 aromatic carbocycles. The molecule has 1 heterocycles. The van der Waals surface area contributed by atoms with Gasteiger partial charge in [-0.15, -0.1) is 11.3 Å². The largest absolute Gasteiger partial charge is 0.310 e. The molecule has 0 bridgehead atoms. The Kier molecular flexibility index (Phi) is 7.11. The van der Waals surface area contributed by atoms with Crippen LogP contribution >= 0.6 is 11.3 Å². The molecule has 0 spiro atoms. The molecule has 11 rings (SSSR count). The Labute approximate surface area is 317 Å². The Morgan fingerprint density at radius 1 is 0.296 bits per heavy atom. The molecular weight excluding hydrogens is 671 g/mol. The van der Waals surface area contributed by atoms with Gasteiger partial charge in [0.15, 0.2) is 0 Å². The fourth-order valence-corrected chi connectivity index (χ4v) is 9.59. The van der Waals surface area contributed by atoms with Gasteiger partial charge < -0.3 is 4.90 Å². The first kappa shape index (κ1) is 30.8. The zero-order chi connectivity index (χ0) is 35.6. The molecule has 11 aromatic rings. The van der Waals surface area contributed by atoms with Crippen molar-refractivity contribution in [3.8, 4) is 22.3 Å². The van der Waals surface area contributed by atoms with Crippen molar-refractivity contribution in [2.75, 3.05) is 4.90 Å². The molecule has 1 aromatic heterocycles. The molecule has 0 aliphatic rings. The lowest BCUT2D eigenvalue weighted by atomic mass is 9.90. The summed E-state index contributed by atoms with van der Waals surface area (Å²) < 4.78 is 2.62. The molecule has 0 saturated heterocycles. The number of hydrogen-bond acceptors (Lipinski definition) is 2.